The first-order valence-electron chi connectivity index (χ1n) is 5.90. The molecule has 0 radical (unpaired) electrons. The van der Waals surface area contributed by atoms with E-state index in [1.54, 1.807) is 0 Å². The molecule has 1 N–H and O–H groups in total. The first kappa shape index (κ1) is 12.0. The molecule has 2 aromatic carbocycles. The Balaban J connectivity index is 2.03. The van der Waals surface area contributed by atoms with Crippen LogP contribution < -0.4 is 4.74 Å². The molecule has 0 saturated heterocycles. The molecular formula is C15H13IO2. The summed E-state index contributed by atoms with van der Waals surface area (Å²) in [6.07, 6.45) is -0.515. The van der Waals surface area contributed by atoms with Crippen LogP contribution in [0.15, 0.2) is 54.6 Å². The molecule has 2 nitrogen and oxygen atoms in total. The smallest absolute Gasteiger partial charge is 0.159 e. The minimum Gasteiger partial charge on any atom is -0.479 e. The summed E-state index contributed by atoms with van der Waals surface area (Å²) in [4.78, 5) is 0. The van der Waals surface area contributed by atoms with E-state index >= 15 is 0 Å². The van der Waals surface area contributed by atoms with Crippen molar-refractivity contribution in [2.75, 3.05) is 0 Å². The zero-order valence-electron chi connectivity index (χ0n) is 9.66. The zero-order valence-corrected chi connectivity index (χ0v) is 11.8. The van der Waals surface area contributed by atoms with E-state index < -0.39 is 6.10 Å². The number of alkyl halides is 1. The lowest BCUT2D eigenvalue weighted by Gasteiger charge is -2.34. The van der Waals surface area contributed by atoms with E-state index in [1.165, 1.54) is 0 Å². The van der Waals surface area contributed by atoms with Crippen LogP contribution in [0.25, 0.3) is 0 Å². The lowest BCUT2D eigenvalue weighted by atomic mass is 9.87. The van der Waals surface area contributed by atoms with Crippen LogP contribution in [-0.4, -0.2) is 9.22 Å². The third-order valence-electron chi connectivity index (χ3n) is 3.28. The molecular weight excluding hydrogens is 339 g/mol. The molecule has 0 spiro atoms. The molecule has 2 aromatic rings. The molecule has 3 atom stereocenters. The Morgan fingerprint density at radius 1 is 0.944 bits per heavy atom. The molecule has 18 heavy (non-hydrogen) atoms. The normalized spacial score (nSPS) is 26.2. The predicted octanol–water partition coefficient (Wildman–Crippen LogP) is 3.66. The van der Waals surface area contributed by atoms with Crippen LogP contribution in [0.2, 0.25) is 0 Å². The fourth-order valence-electron chi connectivity index (χ4n) is 2.37. The average molecular weight is 352 g/mol. The van der Waals surface area contributed by atoms with Gasteiger partial charge in [-0.05, 0) is 34.2 Å². The zero-order chi connectivity index (χ0) is 12.5. The molecule has 1 aliphatic heterocycles. The Labute approximate surface area is 120 Å². The Morgan fingerprint density at radius 3 is 2.39 bits per heavy atom. The number of aliphatic hydroxyl groups is 1. The summed E-state index contributed by atoms with van der Waals surface area (Å²) in [7, 11) is 0. The second-order valence-corrected chi connectivity index (χ2v) is 5.62. The third kappa shape index (κ3) is 2.01. The van der Waals surface area contributed by atoms with Crippen LogP contribution in [0.4, 0.5) is 0 Å². The maximum Gasteiger partial charge on any atom is 0.159 e. The van der Waals surface area contributed by atoms with Gasteiger partial charge in [0.25, 0.3) is 0 Å². The fourth-order valence-corrected chi connectivity index (χ4v) is 3.45. The number of hydrogen-bond donors (Lipinski definition) is 1. The van der Waals surface area contributed by atoms with Crippen LogP contribution in [0.1, 0.15) is 23.1 Å². The summed E-state index contributed by atoms with van der Waals surface area (Å²) in [6.45, 7) is 0. The molecule has 3 rings (SSSR count). The van der Waals surface area contributed by atoms with Crippen LogP contribution >= 0.6 is 22.6 Å². The van der Waals surface area contributed by atoms with Gasteiger partial charge in [-0.2, -0.15) is 0 Å². The van der Waals surface area contributed by atoms with Crippen molar-refractivity contribution >= 4 is 22.6 Å². The number of aliphatic hydroxyl groups excluding tert-OH is 1. The summed E-state index contributed by atoms with van der Waals surface area (Å²) in [5, 5.41) is 10.6. The number of rotatable bonds is 1. The highest BCUT2D eigenvalue weighted by atomic mass is 127. The highest BCUT2D eigenvalue weighted by molar-refractivity contribution is 14.1. The third-order valence-corrected chi connectivity index (χ3v) is 4.31. The van der Waals surface area contributed by atoms with E-state index in [4.69, 9.17) is 4.74 Å². The van der Waals surface area contributed by atoms with Gasteiger partial charge in [0, 0.05) is 5.56 Å². The van der Waals surface area contributed by atoms with Crippen LogP contribution in [0.5, 0.6) is 5.75 Å². The van der Waals surface area contributed by atoms with Gasteiger partial charge in [-0.3, -0.25) is 0 Å². The molecule has 3 unspecified atom stereocenters. The standard InChI is InChI=1S/C15H13IO2/c16-15-13(10-6-2-1-3-7-10)14(17)11-8-4-5-9-12(11)18-15/h1-9,13-15,17H. The van der Waals surface area contributed by atoms with Crippen molar-refractivity contribution in [3.63, 3.8) is 0 Å². The van der Waals surface area contributed by atoms with Gasteiger partial charge in [0.15, 0.2) is 4.11 Å². The van der Waals surface area contributed by atoms with Crippen molar-refractivity contribution in [2.24, 2.45) is 0 Å². The van der Waals surface area contributed by atoms with Crippen molar-refractivity contribution in [3.05, 3.63) is 65.7 Å². The van der Waals surface area contributed by atoms with Gasteiger partial charge in [0.2, 0.25) is 0 Å². The first-order valence-corrected chi connectivity index (χ1v) is 7.14. The van der Waals surface area contributed by atoms with Crippen LogP contribution in [-0.2, 0) is 0 Å². The van der Waals surface area contributed by atoms with Gasteiger partial charge in [-0.1, -0.05) is 48.5 Å². The van der Waals surface area contributed by atoms with Crippen molar-refractivity contribution in [3.8, 4) is 5.75 Å². The first-order chi connectivity index (χ1) is 8.77. The molecule has 0 aliphatic carbocycles. The monoisotopic (exact) mass is 352 g/mol. The minimum atomic E-state index is -0.515. The molecule has 0 amide bonds. The van der Waals surface area contributed by atoms with E-state index in [-0.39, 0.29) is 10.0 Å². The molecule has 92 valence electrons. The number of halogens is 1. The molecule has 0 aromatic heterocycles. The molecule has 0 fully saturated rings. The van der Waals surface area contributed by atoms with Crippen molar-refractivity contribution < 1.29 is 9.84 Å². The largest absolute Gasteiger partial charge is 0.479 e. The van der Waals surface area contributed by atoms with E-state index in [0.29, 0.717) is 0 Å². The highest BCUT2D eigenvalue weighted by Gasteiger charge is 2.36. The fraction of sp³-hybridized carbons (Fsp3) is 0.200. The van der Waals surface area contributed by atoms with E-state index in [1.807, 2.05) is 54.6 Å². The van der Waals surface area contributed by atoms with Crippen molar-refractivity contribution in [2.45, 2.75) is 16.1 Å². The van der Waals surface area contributed by atoms with E-state index in [0.717, 1.165) is 16.9 Å². The Bertz CT molecular complexity index is 541. The SMILES string of the molecule is OC1c2ccccc2OC(I)C1c1ccccc1. The van der Waals surface area contributed by atoms with Gasteiger partial charge in [0.1, 0.15) is 5.75 Å². The molecule has 0 saturated carbocycles. The van der Waals surface area contributed by atoms with Gasteiger partial charge < -0.3 is 9.84 Å². The number of benzene rings is 2. The quantitative estimate of drug-likeness (QED) is 0.627. The average Bonchev–Trinajstić information content (AvgIpc) is 2.40. The van der Waals surface area contributed by atoms with E-state index in [2.05, 4.69) is 22.6 Å². The summed E-state index contributed by atoms with van der Waals surface area (Å²) in [6, 6.07) is 17.7. The van der Waals surface area contributed by atoms with Crippen LogP contribution in [0, 0.1) is 0 Å². The lowest BCUT2D eigenvalue weighted by Crippen LogP contribution is -2.30. The Morgan fingerprint density at radius 2 is 1.61 bits per heavy atom. The van der Waals surface area contributed by atoms with Gasteiger partial charge in [-0.25, -0.2) is 0 Å². The summed E-state index contributed by atoms with van der Waals surface area (Å²) in [5.74, 6) is 0.762. The Hall–Kier alpha value is -1.07. The number of para-hydroxylation sites is 1. The van der Waals surface area contributed by atoms with Gasteiger partial charge >= 0.3 is 0 Å². The maximum absolute atomic E-state index is 10.6. The predicted molar refractivity (Wildman–Crippen MR) is 79.0 cm³/mol. The number of ether oxygens (including phenoxy) is 1. The minimum absolute atomic E-state index is 0.0262. The molecule has 3 heteroatoms. The summed E-state index contributed by atoms with van der Waals surface area (Å²) >= 11 is 2.25. The Kier molecular flexibility index (Phi) is 3.26. The number of hydrogen-bond acceptors (Lipinski definition) is 2. The van der Waals surface area contributed by atoms with Gasteiger partial charge in [0.05, 0.1) is 12.0 Å². The lowest BCUT2D eigenvalue weighted by molar-refractivity contribution is 0.0817. The van der Waals surface area contributed by atoms with Crippen molar-refractivity contribution in [1.82, 2.24) is 0 Å². The second kappa shape index (κ2) is 4.90. The highest BCUT2D eigenvalue weighted by Crippen LogP contribution is 2.45. The molecule has 1 heterocycles. The number of fused-ring (bicyclic) bond motifs is 1. The maximum atomic E-state index is 10.6. The van der Waals surface area contributed by atoms with Crippen LogP contribution in [0.3, 0.4) is 0 Å². The summed E-state index contributed by atoms with van der Waals surface area (Å²) in [5.41, 5.74) is 1.98. The van der Waals surface area contributed by atoms with E-state index in [9.17, 15) is 5.11 Å². The molecule has 0 bridgehead atoms. The summed E-state index contributed by atoms with van der Waals surface area (Å²) < 4.78 is 5.84. The van der Waals surface area contributed by atoms with Crippen molar-refractivity contribution in [1.29, 1.82) is 0 Å². The second-order valence-electron chi connectivity index (χ2n) is 4.39. The molecule has 1 aliphatic rings. The topological polar surface area (TPSA) is 29.5 Å². The van der Waals surface area contributed by atoms with Gasteiger partial charge in [-0.15, -0.1) is 0 Å².